The molecule has 122 valence electrons. The van der Waals surface area contributed by atoms with Crippen molar-refractivity contribution in [3.63, 3.8) is 0 Å². The molecule has 0 nitrogen and oxygen atoms in total. The molecule has 1 aliphatic heterocycles. The second-order valence-corrected chi connectivity index (χ2v) is 10.2. The summed E-state index contributed by atoms with van der Waals surface area (Å²) in [6.45, 7) is 4.36. The van der Waals surface area contributed by atoms with Crippen LogP contribution < -0.4 is 15.6 Å². The summed E-state index contributed by atoms with van der Waals surface area (Å²) >= 11 is 0. The van der Waals surface area contributed by atoms with E-state index in [1.54, 1.807) is 0 Å². The lowest BCUT2D eigenvalue weighted by molar-refractivity contribution is 1.62. The first-order valence-electron chi connectivity index (χ1n) is 8.88. The van der Waals surface area contributed by atoms with Crippen LogP contribution in [0.5, 0.6) is 0 Å². The van der Waals surface area contributed by atoms with Gasteiger partial charge in [-0.1, -0.05) is 97.1 Å². The molecule has 3 aromatic rings. The predicted octanol–water partition coefficient (Wildman–Crippen LogP) is 4.06. The zero-order valence-corrected chi connectivity index (χ0v) is 15.7. The highest BCUT2D eigenvalue weighted by atomic mass is 28.3. The van der Waals surface area contributed by atoms with E-state index in [-0.39, 0.29) is 0 Å². The van der Waals surface area contributed by atoms with Crippen LogP contribution in [0.4, 0.5) is 0 Å². The lowest BCUT2D eigenvalue weighted by Gasteiger charge is -2.31. The van der Waals surface area contributed by atoms with E-state index in [0.29, 0.717) is 0 Å². The molecule has 0 saturated heterocycles. The number of rotatable bonds is 2. The summed E-state index contributed by atoms with van der Waals surface area (Å²) in [6, 6.07) is 31.2. The average molecular weight is 339 g/mol. The summed E-state index contributed by atoms with van der Waals surface area (Å²) in [4.78, 5) is 0. The van der Waals surface area contributed by atoms with Gasteiger partial charge in [0.2, 0.25) is 0 Å². The van der Waals surface area contributed by atoms with E-state index in [0.717, 1.165) is 0 Å². The van der Waals surface area contributed by atoms with Crippen LogP contribution in [0.25, 0.3) is 5.57 Å². The zero-order chi connectivity index (χ0) is 17.3. The Kier molecular flexibility index (Phi) is 4.02. The van der Waals surface area contributed by atoms with Crippen molar-refractivity contribution in [1.82, 2.24) is 0 Å². The molecule has 1 heterocycles. The molecule has 3 aromatic carbocycles. The molecule has 0 N–H and O–H groups in total. The van der Waals surface area contributed by atoms with E-state index >= 15 is 0 Å². The SMILES string of the molecule is CC=C1/C(=C\C)[Si](c2ccccc2)(c2ccccc2)c2ccccc21. The Labute approximate surface area is 151 Å². The van der Waals surface area contributed by atoms with Crippen molar-refractivity contribution in [1.29, 1.82) is 0 Å². The van der Waals surface area contributed by atoms with Gasteiger partial charge in [-0.3, -0.25) is 0 Å². The van der Waals surface area contributed by atoms with Crippen LogP contribution >= 0.6 is 0 Å². The highest BCUT2D eigenvalue weighted by molar-refractivity contribution is 7.19. The van der Waals surface area contributed by atoms with E-state index in [1.807, 2.05) is 0 Å². The summed E-state index contributed by atoms with van der Waals surface area (Å²) in [6.07, 6.45) is 4.64. The lowest BCUT2D eigenvalue weighted by Crippen LogP contribution is -2.66. The molecule has 25 heavy (non-hydrogen) atoms. The molecule has 0 aromatic heterocycles. The minimum atomic E-state index is -2.23. The first-order valence-corrected chi connectivity index (χ1v) is 10.9. The van der Waals surface area contributed by atoms with Crippen LogP contribution in [0.1, 0.15) is 19.4 Å². The van der Waals surface area contributed by atoms with Crippen LogP contribution in [0.15, 0.2) is 102 Å². The molecule has 0 saturated carbocycles. The quantitative estimate of drug-likeness (QED) is 0.618. The van der Waals surface area contributed by atoms with Crippen molar-refractivity contribution in [2.24, 2.45) is 0 Å². The van der Waals surface area contributed by atoms with Gasteiger partial charge in [-0.15, -0.1) is 0 Å². The maximum atomic E-state index is 2.35. The van der Waals surface area contributed by atoms with Crippen molar-refractivity contribution in [2.75, 3.05) is 0 Å². The van der Waals surface area contributed by atoms with Crippen LogP contribution in [0.3, 0.4) is 0 Å². The Morgan fingerprint density at radius 3 is 1.64 bits per heavy atom. The Morgan fingerprint density at radius 2 is 1.12 bits per heavy atom. The Hall–Kier alpha value is -2.64. The van der Waals surface area contributed by atoms with Crippen LogP contribution in [0.2, 0.25) is 0 Å². The van der Waals surface area contributed by atoms with Crippen LogP contribution in [0, 0.1) is 0 Å². The summed E-state index contributed by atoms with van der Waals surface area (Å²) in [7, 11) is -2.23. The van der Waals surface area contributed by atoms with Crippen LogP contribution in [-0.2, 0) is 0 Å². The normalized spacial score (nSPS) is 18.5. The maximum absolute atomic E-state index is 2.35. The van der Waals surface area contributed by atoms with Gasteiger partial charge in [0, 0.05) is 0 Å². The zero-order valence-electron chi connectivity index (χ0n) is 14.7. The molecule has 0 aliphatic carbocycles. The minimum absolute atomic E-state index is 1.40. The van der Waals surface area contributed by atoms with E-state index < -0.39 is 8.07 Å². The Bertz CT molecular complexity index is 910. The predicted molar refractivity (Wildman–Crippen MR) is 111 cm³/mol. The summed E-state index contributed by atoms with van der Waals surface area (Å²) in [5, 5.41) is 5.93. The van der Waals surface area contributed by atoms with Gasteiger partial charge in [-0.2, -0.15) is 0 Å². The van der Waals surface area contributed by atoms with Gasteiger partial charge < -0.3 is 0 Å². The van der Waals surface area contributed by atoms with E-state index in [2.05, 4.69) is 111 Å². The molecule has 0 fully saturated rings. The van der Waals surface area contributed by atoms with Crippen LogP contribution in [-0.4, -0.2) is 8.07 Å². The Morgan fingerprint density at radius 1 is 0.600 bits per heavy atom. The van der Waals surface area contributed by atoms with Gasteiger partial charge >= 0.3 is 0 Å². The second kappa shape index (κ2) is 6.34. The molecule has 0 atom stereocenters. The molecule has 0 amide bonds. The molecule has 0 bridgehead atoms. The topological polar surface area (TPSA) is 0 Å². The van der Waals surface area contributed by atoms with Crippen molar-refractivity contribution < 1.29 is 0 Å². The standard InChI is InChI=1S/C24H22Si/c1-3-21-22-17-11-12-18-24(22)25(23(21)4-2,19-13-7-5-8-14-19)20-15-9-6-10-16-20/h3-18H,1-2H3/b21-3?,23-4+. The molecule has 1 heteroatoms. The fourth-order valence-electron chi connectivity index (χ4n) is 4.39. The van der Waals surface area contributed by atoms with Crippen molar-refractivity contribution in [3.05, 3.63) is 108 Å². The monoisotopic (exact) mass is 338 g/mol. The Balaban J connectivity index is 2.18. The van der Waals surface area contributed by atoms with E-state index in [1.165, 1.54) is 31.9 Å². The number of allylic oxidation sites excluding steroid dienone is 4. The van der Waals surface area contributed by atoms with Gasteiger partial charge in [-0.25, -0.2) is 0 Å². The molecular weight excluding hydrogens is 316 g/mol. The highest BCUT2D eigenvalue weighted by Crippen LogP contribution is 2.37. The molecule has 0 spiro atoms. The van der Waals surface area contributed by atoms with Gasteiger partial charge in [0.25, 0.3) is 0 Å². The molecule has 1 aliphatic rings. The summed E-state index contributed by atoms with van der Waals surface area (Å²) < 4.78 is 0. The lowest BCUT2D eigenvalue weighted by atomic mass is 10.1. The summed E-state index contributed by atoms with van der Waals surface area (Å²) in [5.74, 6) is 0. The minimum Gasteiger partial charge on any atom is -0.0867 e. The molecule has 0 unspecified atom stereocenters. The van der Waals surface area contributed by atoms with Gasteiger partial charge in [-0.05, 0) is 45.7 Å². The van der Waals surface area contributed by atoms with E-state index in [4.69, 9.17) is 0 Å². The largest absolute Gasteiger partial charge is 0.180 e. The smallest absolute Gasteiger partial charge is 0.0867 e. The van der Waals surface area contributed by atoms with E-state index in [9.17, 15) is 0 Å². The maximum Gasteiger partial charge on any atom is 0.180 e. The molecular formula is C24H22Si. The van der Waals surface area contributed by atoms with Gasteiger partial charge in [0.1, 0.15) is 0 Å². The molecule has 4 rings (SSSR count). The van der Waals surface area contributed by atoms with Gasteiger partial charge in [0.15, 0.2) is 8.07 Å². The third kappa shape index (κ3) is 2.20. The number of fused-ring (bicyclic) bond motifs is 1. The third-order valence-corrected chi connectivity index (χ3v) is 10.3. The third-order valence-electron chi connectivity index (χ3n) is 5.31. The first-order chi connectivity index (χ1) is 12.3. The average Bonchev–Trinajstić information content (AvgIpc) is 2.99. The fraction of sp³-hybridized carbons (Fsp3) is 0.0833. The van der Waals surface area contributed by atoms with Gasteiger partial charge in [0.05, 0.1) is 0 Å². The number of hydrogen-bond donors (Lipinski definition) is 0. The fourth-order valence-corrected chi connectivity index (χ4v) is 9.72. The number of hydrogen-bond acceptors (Lipinski definition) is 0. The highest BCUT2D eigenvalue weighted by Gasteiger charge is 2.49. The number of benzene rings is 3. The molecule has 0 radical (unpaired) electrons. The second-order valence-electron chi connectivity index (χ2n) is 6.43. The van der Waals surface area contributed by atoms with Crippen molar-refractivity contribution >= 4 is 29.2 Å². The summed E-state index contributed by atoms with van der Waals surface area (Å²) in [5.41, 5.74) is 2.80. The first kappa shape index (κ1) is 15.9. The van der Waals surface area contributed by atoms with Crippen molar-refractivity contribution in [3.8, 4) is 0 Å². The van der Waals surface area contributed by atoms with Crippen molar-refractivity contribution in [2.45, 2.75) is 13.8 Å².